The van der Waals surface area contributed by atoms with Crippen LogP contribution in [-0.4, -0.2) is 52.3 Å². The van der Waals surface area contributed by atoms with Crippen molar-refractivity contribution in [3.05, 3.63) is 6.20 Å². The lowest BCUT2D eigenvalue weighted by atomic mass is 9.93. The van der Waals surface area contributed by atoms with Crippen molar-refractivity contribution in [3.63, 3.8) is 0 Å². The van der Waals surface area contributed by atoms with E-state index in [-0.39, 0.29) is 24.0 Å². The van der Waals surface area contributed by atoms with Crippen molar-refractivity contribution in [2.45, 2.75) is 94.9 Å². The Labute approximate surface area is 172 Å². The SMILES string of the molecule is CN1C(=O)[C@H]2CCC[C@H]2N(C2CCCC2)c2nc(N[C@H]3CC[C@H](O)CC3)ncc21. The molecule has 0 spiro atoms. The van der Waals surface area contributed by atoms with Crippen molar-refractivity contribution in [3.8, 4) is 0 Å². The van der Waals surface area contributed by atoms with Crippen LogP contribution in [-0.2, 0) is 4.79 Å². The van der Waals surface area contributed by atoms with Gasteiger partial charge >= 0.3 is 0 Å². The number of rotatable bonds is 3. The van der Waals surface area contributed by atoms with Crippen LogP contribution in [0.1, 0.15) is 70.6 Å². The number of nitrogens with zero attached hydrogens (tertiary/aromatic N) is 4. The predicted molar refractivity (Wildman–Crippen MR) is 113 cm³/mol. The highest BCUT2D eigenvalue weighted by Crippen LogP contribution is 2.44. The third-order valence-corrected chi connectivity index (χ3v) is 7.59. The molecule has 29 heavy (non-hydrogen) atoms. The van der Waals surface area contributed by atoms with Gasteiger partial charge in [-0.1, -0.05) is 19.3 Å². The summed E-state index contributed by atoms with van der Waals surface area (Å²) in [5.41, 5.74) is 0.848. The van der Waals surface area contributed by atoms with E-state index in [0.29, 0.717) is 18.0 Å². The van der Waals surface area contributed by atoms with E-state index in [1.807, 2.05) is 13.2 Å². The zero-order valence-corrected chi connectivity index (χ0v) is 17.4. The predicted octanol–water partition coefficient (Wildman–Crippen LogP) is 3.09. The van der Waals surface area contributed by atoms with Crippen LogP contribution in [0.4, 0.5) is 17.5 Å². The van der Waals surface area contributed by atoms with E-state index in [1.165, 1.54) is 25.7 Å². The van der Waals surface area contributed by atoms with Gasteiger partial charge in [-0.15, -0.1) is 0 Å². The maximum absolute atomic E-state index is 13.2. The molecule has 1 aromatic heterocycles. The second kappa shape index (κ2) is 7.74. The van der Waals surface area contributed by atoms with Gasteiger partial charge in [-0.05, 0) is 51.4 Å². The lowest BCUT2D eigenvalue weighted by molar-refractivity contribution is -0.122. The van der Waals surface area contributed by atoms with Gasteiger partial charge in [-0.25, -0.2) is 4.98 Å². The molecule has 7 nitrogen and oxygen atoms in total. The lowest BCUT2D eigenvalue weighted by Crippen LogP contribution is -2.46. The number of amides is 1. The molecule has 3 aliphatic carbocycles. The molecule has 2 atom stereocenters. The quantitative estimate of drug-likeness (QED) is 0.813. The molecule has 2 N–H and O–H groups in total. The normalized spacial score (nSPS) is 32.8. The second-order valence-corrected chi connectivity index (χ2v) is 9.40. The molecule has 0 saturated heterocycles. The van der Waals surface area contributed by atoms with Gasteiger partial charge in [0.15, 0.2) is 5.82 Å². The summed E-state index contributed by atoms with van der Waals surface area (Å²) in [6, 6.07) is 1.05. The number of carbonyl (C=O) groups excluding carboxylic acids is 1. The molecule has 3 saturated carbocycles. The zero-order chi connectivity index (χ0) is 20.0. The first-order valence-electron chi connectivity index (χ1n) is 11.5. The van der Waals surface area contributed by atoms with Crippen LogP contribution in [0.15, 0.2) is 6.20 Å². The van der Waals surface area contributed by atoms with Crippen LogP contribution in [0, 0.1) is 5.92 Å². The molecule has 1 aliphatic heterocycles. The maximum atomic E-state index is 13.2. The number of aliphatic hydroxyl groups is 1. The van der Waals surface area contributed by atoms with E-state index < -0.39 is 0 Å². The number of carbonyl (C=O) groups is 1. The molecule has 1 aromatic rings. The highest BCUT2D eigenvalue weighted by molar-refractivity contribution is 5.99. The minimum absolute atomic E-state index is 0.0750. The van der Waals surface area contributed by atoms with Crippen molar-refractivity contribution in [1.29, 1.82) is 0 Å². The van der Waals surface area contributed by atoms with E-state index in [2.05, 4.69) is 15.2 Å². The van der Waals surface area contributed by atoms with Gasteiger partial charge in [0, 0.05) is 25.2 Å². The van der Waals surface area contributed by atoms with Gasteiger partial charge in [-0.2, -0.15) is 4.98 Å². The molecular weight excluding hydrogens is 366 g/mol. The summed E-state index contributed by atoms with van der Waals surface area (Å²) in [5.74, 6) is 1.90. The fraction of sp³-hybridized carbons (Fsp3) is 0.773. The fourth-order valence-corrected chi connectivity index (χ4v) is 5.98. The summed E-state index contributed by atoms with van der Waals surface area (Å²) in [6.45, 7) is 0. The molecule has 3 fully saturated rings. The van der Waals surface area contributed by atoms with Crippen LogP contribution >= 0.6 is 0 Å². The number of nitrogens with one attached hydrogen (secondary N) is 1. The average Bonchev–Trinajstić information content (AvgIpc) is 3.41. The number of aliphatic hydroxyl groups excluding tert-OH is 1. The molecular formula is C22H33N5O2. The third-order valence-electron chi connectivity index (χ3n) is 7.59. The highest BCUT2D eigenvalue weighted by Gasteiger charge is 2.46. The number of anilines is 3. The van der Waals surface area contributed by atoms with Gasteiger partial charge in [0.1, 0.15) is 5.69 Å². The molecule has 2 heterocycles. The van der Waals surface area contributed by atoms with Gasteiger partial charge < -0.3 is 20.2 Å². The summed E-state index contributed by atoms with van der Waals surface area (Å²) in [4.78, 5) is 27.1. The van der Waals surface area contributed by atoms with E-state index in [9.17, 15) is 9.90 Å². The summed E-state index contributed by atoms with van der Waals surface area (Å²) in [5, 5.41) is 13.3. The Hall–Kier alpha value is -1.89. The van der Waals surface area contributed by atoms with Gasteiger partial charge in [0.05, 0.1) is 18.2 Å². The molecule has 0 radical (unpaired) electrons. The minimum Gasteiger partial charge on any atom is -0.393 e. The number of hydrogen-bond acceptors (Lipinski definition) is 6. The summed E-state index contributed by atoms with van der Waals surface area (Å²) in [6.07, 6.45) is 13.3. The Bertz CT molecular complexity index is 758. The van der Waals surface area contributed by atoms with E-state index in [0.717, 1.165) is 56.5 Å². The summed E-state index contributed by atoms with van der Waals surface area (Å²) >= 11 is 0. The van der Waals surface area contributed by atoms with Crippen molar-refractivity contribution < 1.29 is 9.90 Å². The van der Waals surface area contributed by atoms with Crippen LogP contribution in [0.5, 0.6) is 0 Å². The molecule has 0 unspecified atom stereocenters. The number of aromatic nitrogens is 2. The zero-order valence-electron chi connectivity index (χ0n) is 17.4. The Morgan fingerprint density at radius 1 is 1.03 bits per heavy atom. The maximum Gasteiger partial charge on any atom is 0.232 e. The van der Waals surface area contributed by atoms with Gasteiger partial charge in [0.2, 0.25) is 11.9 Å². The molecule has 0 bridgehead atoms. The Morgan fingerprint density at radius 2 is 1.79 bits per heavy atom. The average molecular weight is 400 g/mol. The van der Waals surface area contributed by atoms with Crippen molar-refractivity contribution in [2.75, 3.05) is 22.2 Å². The molecule has 4 aliphatic rings. The number of hydrogen-bond donors (Lipinski definition) is 2. The van der Waals surface area contributed by atoms with Crippen LogP contribution < -0.4 is 15.1 Å². The third kappa shape index (κ3) is 3.47. The fourth-order valence-electron chi connectivity index (χ4n) is 5.98. The molecule has 0 aromatic carbocycles. The Kier molecular flexibility index (Phi) is 5.10. The topological polar surface area (TPSA) is 81.6 Å². The Morgan fingerprint density at radius 3 is 2.55 bits per heavy atom. The first-order valence-corrected chi connectivity index (χ1v) is 11.5. The highest BCUT2D eigenvalue weighted by atomic mass is 16.3. The molecule has 1 amide bonds. The van der Waals surface area contributed by atoms with Crippen molar-refractivity contribution in [2.24, 2.45) is 5.92 Å². The lowest BCUT2D eigenvalue weighted by Gasteiger charge is -2.37. The van der Waals surface area contributed by atoms with Crippen molar-refractivity contribution in [1.82, 2.24) is 9.97 Å². The molecule has 7 heteroatoms. The van der Waals surface area contributed by atoms with E-state index in [1.54, 1.807) is 4.90 Å². The molecule has 158 valence electrons. The van der Waals surface area contributed by atoms with Crippen LogP contribution in [0.2, 0.25) is 0 Å². The minimum atomic E-state index is -0.169. The van der Waals surface area contributed by atoms with Crippen molar-refractivity contribution >= 4 is 23.4 Å². The number of fused-ring (bicyclic) bond motifs is 2. The van der Waals surface area contributed by atoms with Gasteiger partial charge in [-0.3, -0.25) is 4.79 Å². The summed E-state index contributed by atoms with van der Waals surface area (Å²) in [7, 11) is 1.88. The second-order valence-electron chi connectivity index (χ2n) is 9.40. The summed E-state index contributed by atoms with van der Waals surface area (Å²) < 4.78 is 0. The van der Waals surface area contributed by atoms with Crippen LogP contribution in [0.3, 0.4) is 0 Å². The first kappa shape index (κ1) is 19.1. The molecule has 5 rings (SSSR count). The first-order chi connectivity index (χ1) is 14.1. The Balaban J connectivity index is 1.50. The van der Waals surface area contributed by atoms with E-state index in [4.69, 9.17) is 4.98 Å². The largest absolute Gasteiger partial charge is 0.393 e. The smallest absolute Gasteiger partial charge is 0.232 e. The van der Waals surface area contributed by atoms with Crippen LogP contribution in [0.25, 0.3) is 0 Å². The van der Waals surface area contributed by atoms with Gasteiger partial charge in [0.25, 0.3) is 0 Å². The van der Waals surface area contributed by atoms with E-state index >= 15 is 0 Å². The standard InChI is InChI=1S/C22H33N5O2/c1-26-19-13-23-22(24-14-9-11-16(28)12-10-14)25-20(19)27(15-5-2-3-6-15)18-8-4-7-17(18)21(26)29/h13-18,28H,2-12H2,1H3,(H,23,24,25)/t14-,16-,17-,18+/m0/s1. The monoisotopic (exact) mass is 399 g/mol.